The molecular weight excluding hydrogens is 248 g/mol. The standard InChI is InChI=1S/C15H17F2NO/c16-11-4-1-8(5-12(11)17)6-13(19)14-9-2-3-10(7-9)15(14)18/h1,4-5,9-10,14-15H,2-3,6-7,18H2. The van der Waals surface area contributed by atoms with Crippen LogP contribution in [-0.2, 0) is 11.2 Å². The van der Waals surface area contributed by atoms with Crippen molar-refractivity contribution in [3.63, 3.8) is 0 Å². The minimum absolute atomic E-state index is 0.0449. The molecule has 4 atom stereocenters. The fraction of sp³-hybridized carbons (Fsp3) is 0.533. The van der Waals surface area contributed by atoms with E-state index in [1.165, 1.54) is 6.07 Å². The zero-order valence-corrected chi connectivity index (χ0v) is 10.6. The van der Waals surface area contributed by atoms with Crippen LogP contribution < -0.4 is 5.73 Å². The molecular formula is C15H17F2NO. The van der Waals surface area contributed by atoms with Crippen LogP contribution in [0.25, 0.3) is 0 Å². The van der Waals surface area contributed by atoms with Crippen molar-refractivity contribution in [3.8, 4) is 0 Å². The lowest BCUT2D eigenvalue weighted by Gasteiger charge is -2.26. The van der Waals surface area contributed by atoms with Gasteiger partial charge >= 0.3 is 0 Å². The third kappa shape index (κ3) is 2.18. The summed E-state index contributed by atoms with van der Waals surface area (Å²) < 4.78 is 26.0. The maximum Gasteiger partial charge on any atom is 0.159 e. The summed E-state index contributed by atoms with van der Waals surface area (Å²) in [7, 11) is 0. The third-order valence-corrected chi connectivity index (χ3v) is 4.71. The second-order valence-electron chi connectivity index (χ2n) is 5.83. The highest BCUT2D eigenvalue weighted by atomic mass is 19.2. The monoisotopic (exact) mass is 265 g/mol. The molecule has 19 heavy (non-hydrogen) atoms. The van der Waals surface area contributed by atoms with E-state index in [0.717, 1.165) is 31.4 Å². The van der Waals surface area contributed by atoms with E-state index in [-0.39, 0.29) is 24.2 Å². The topological polar surface area (TPSA) is 43.1 Å². The average Bonchev–Trinajstić information content (AvgIpc) is 2.94. The number of halogens is 2. The molecule has 1 aromatic carbocycles. The number of fused-ring (bicyclic) bond motifs is 2. The molecule has 2 N–H and O–H groups in total. The second kappa shape index (κ2) is 4.67. The van der Waals surface area contributed by atoms with Gasteiger partial charge in [0.15, 0.2) is 11.6 Å². The molecule has 4 heteroatoms. The Hall–Kier alpha value is -1.29. The van der Waals surface area contributed by atoms with Gasteiger partial charge in [-0.1, -0.05) is 6.07 Å². The Morgan fingerprint density at radius 1 is 1.21 bits per heavy atom. The number of Topliss-reactive ketones (excluding diaryl/α,β-unsaturated/α-hetero) is 1. The Morgan fingerprint density at radius 3 is 2.58 bits per heavy atom. The third-order valence-electron chi connectivity index (χ3n) is 4.71. The molecule has 2 fully saturated rings. The molecule has 102 valence electrons. The van der Waals surface area contributed by atoms with Crippen LogP contribution in [0, 0.1) is 29.4 Å². The van der Waals surface area contributed by atoms with Gasteiger partial charge in [0.1, 0.15) is 5.78 Å². The molecule has 2 bridgehead atoms. The Bertz CT molecular complexity index is 515. The molecule has 0 spiro atoms. The van der Waals surface area contributed by atoms with Gasteiger partial charge < -0.3 is 5.73 Å². The Kier molecular flexibility index (Phi) is 3.13. The second-order valence-corrected chi connectivity index (χ2v) is 5.83. The molecule has 1 aromatic rings. The first-order valence-corrected chi connectivity index (χ1v) is 6.78. The van der Waals surface area contributed by atoms with Crippen LogP contribution in [0.15, 0.2) is 18.2 Å². The lowest BCUT2D eigenvalue weighted by atomic mass is 9.80. The minimum Gasteiger partial charge on any atom is -0.327 e. The van der Waals surface area contributed by atoms with E-state index >= 15 is 0 Å². The molecule has 2 aliphatic carbocycles. The van der Waals surface area contributed by atoms with Crippen molar-refractivity contribution in [1.82, 2.24) is 0 Å². The summed E-state index contributed by atoms with van der Waals surface area (Å²) in [5.41, 5.74) is 6.64. The maximum absolute atomic E-state index is 13.1. The van der Waals surface area contributed by atoms with Gasteiger partial charge in [-0.05, 0) is 48.8 Å². The summed E-state index contributed by atoms with van der Waals surface area (Å²) in [5, 5.41) is 0. The number of carbonyl (C=O) groups excluding carboxylic acids is 1. The molecule has 0 amide bonds. The lowest BCUT2D eigenvalue weighted by Crippen LogP contribution is -2.40. The van der Waals surface area contributed by atoms with Crippen molar-refractivity contribution in [2.24, 2.45) is 23.5 Å². The molecule has 4 unspecified atom stereocenters. The predicted octanol–water partition coefficient (Wildman–Crippen LogP) is 2.45. The normalized spacial score (nSPS) is 32.8. The summed E-state index contributed by atoms with van der Waals surface area (Å²) >= 11 is 0. The number of ketones is 1. The van der Waals surface area contributed by atoms with E-state index in [1.54, 1.807) is 0 Å². The van der Waals surface area contributed by atoms with Gasteiger partial charge in [0.05, 0.1) is 0 Å². The summed E-state index contributed by atoms with van der Waals surface area (Å²) in [6.07, 6.45) is 3.40. The van der Waals surface area contributed by atoms with E-state index in [1.807, 2.05) is 0 Å². The quantitative estimate of drug-likeness (QED) is 0.912. The fourth-order valence-electron chi connectivity index (χ4n) is 3.78. The largest absolute Gasteiger partial charge is 0.327 e. The fourth-order valence-corrected chi connectivity index (χ4v) is 3.78. The molecule has 2 saturated carbocycles. The Morgan fingerprint density at radius 2 is 1.95 bits per heavy atom. The van der Waals surface area contributed by atoms with Crippen LogP contribution in [0.3, 0.4) is 0 Å². The summed E-state index contributed by atoms with van der Waals surface area (Å²) in [5.74, 6) is -0.922. The van der Waals surface area contributed by atoms with Gasteiger partial charge in [0, 0.05) is 18.4 Å². The van der Waals surface area contributed by atoms with E-state index in [2.05, 4.69) is 0 Å². The summed E-state index contributed by atoms with van der Waals surface area (Å²) in [4.78, 5) is 12.3. The van der Waals surface area contributed by atoms with E-state index in [4.69, 9.17) is 5.73 Å². The molecule has 2 aliphatic rings. The van der Waals surface area contributed by atoms with Gasteiger partial charge in [0.2, 0.25) is 0 Å². The predicted molar refractivity (Wildman–Crippen MR) is 67.4 cm³/mol. The van der Waals surface area contributed by atoms with Crippen molar-refractivity contribution < 1.29 is 13.6 Å². The van der Waals surface area contributed by atoms with Gasteiger partial charge in [-0.15, -0.1) is 0 Å². The molecule has 3 rings (SSSR count). The summed E-state index contributed by atoms with van der Waals surface area (Å²) in [6, 6.07) is 3.59. The highest BCUT2D eigenvalue weighted by Gasteiger charge is 2.48. The minimum atomic E-state index is -0.900. The zero-order chi connectivity index (χ0) is 13.6. The van der Waals surface area contributed by atoms with Gasteiger partial charge in [-0.2, -0.15) is 0 Å². The van der Waals surface area contributed by atoms with Gasteiger partial charge in [0.25, 0.3) is 0 Å². The SMILES string of the molecule is NC1C2CCC(C2)C1C(=O)Cc1ccc(F)c(F)c1. The highest BCUT2D eigenvalue weighted by molar-refractivity contribution is 5.84. The first-order chi connectivity index (χ1) is 9.06. The van der Waals surface area contributed by atoms with Gasteiger partial charge in [-0.25, -0.2) is 8.78 Å². The number of benzene rings is 1. The van der Waals surface area contributed by atoms with Crippen molar-refractivity contribution in [1.29, 1.82) is 0 Å². The number of rotatable bonds is 3. The number of hydrogen-bond donors (Lipinski definition) is 1. The van der Waals surface area contributed by atoms with Crippen molar-refractivity contribution in [2.75, 3.05) is 0 Å². The molecule has 0 saturated heterocycles. The van der Waals surface area contributed by atoms with Crippen LogP contribution in [0.2, 0.25) is 0 Å². The average molecular weight is 265 g/mol. The smallest absolute Gasteiger partial charge is 0.159 e. The van der Waals surface area contributed by atoms with Crippen molar-refractivity contribution in [2.45, 2.75) is 31.7 Å². The first-order valence-electron chi connectivity index (χ1n) is 6.78. The van der Waals surface area contributed by atoms with Crippen molar-refractivity contribution >= 4 is 5.78 Å². The molecule has 0 heterocycles. The van der Waals surface area contributed by atoms with Crippen LogP contribution in [0.4, 0.5) is 8.78 Å². The van der Waals surface area contributed by atoms with Crippen molar-refractivity contribution in [3.05, 3.63) is 35.4 Å². The van der Waals surface area contributed by atoms with Crippen LogP contribution in [0.1, 0.15) is 24.8 Å². The van der Waals surface area contributed by atoms with Crippen LogP contribution in [0.5, 0.6) is 0 Å². The number of hydrogen-bond acceptors (Lipinski definition) is 2. The lowest BCUT2D eigenvalue weighted by molar-refractivity contribution is -0.124. The van der Waals surface area contributed by atoms with Crippen LogP contribution in [-0.4, -0.2) is 11.8 Å². The number of carbonyl (C=O) groups is 1. The maximum atomic E-state index is 13.1. The highest BCUT2D eigenvalue weighted by Crippen LogP contribution is 2.48. The zero-order valence-electron chi connectivity index (χ0n) is 10.6. The molecule has 2 nitrogen and oxygen atoms in total. The molecule has 0 radical (unpaired) electrons. The Labute approximate surface area is 111 Å². The Balaban J connectivity index is 1.73. The van der Waals surface area contributed by atoms with E-state index < -0.39 is 11.6 Å². The summed E-state index contributed by atoms with van der Waals surface area (Å²) in [6.45, 7) is 0. The molecule has 0 aliphatic heterocycles. The van der Waals surface area contributed by atoms with Gasteiger partial charge in [-0.3, -0.25) is 4.79 Å². The number of nitrogens with two attached hydrogens (primary N) is 1. The first kappa shape index (κ1) is 12.7. The van der Waals surface area contributed by atoms with E-state index in [9.17, 15) is 13.6 Å². The van der Waals surface area contributed by atoms with E-state index in [0.29, 0.717) is 17.4 Å². The molecule has 0 aromatic heterocycles. The van der Waals surface area contributed by atoms with Crippen LogP contribution >= 0.6 is 0 Å².